The topological polar surface area (TPSA) is 45.2 Å². The van der Waals surface area contributed by atoms with E-state index in [-0.39, 0.29) is 5.91 Å². The van der Waals surface area contributed by atoms with Crippen molar-refractivity contribution in [3.63, 3.8) is 0 Å². The van der Waals surface area contributed by atoms with Gasteiger partial charge in [-0.05, 0) is 38.7 Å². The maximum atomic E-state index is 12.0. The first-order valence-electron chi connectivity index (χ1n) is 6.02. The molecule has 2 aromatic rings. The van der Waals surface area contributed by atoms with Crippen molar-refractivity contribution in [1.29, 1.82) is 0 Å². The van der Waals surface area contributed by atoms with Gasteiger partial charge in [-0.3, -0.25) is 10.1 Å². The van der Waals surface area contributed by atoms with Crippen LogP contribution in [-0.2, 0) is 6.54 Å². The fraction of sp³-hybridized carbons (Fsp3) is 0.286. The molecule has 1 heterocycles. The standard InChI is InChI=1S/C14H17N3OS/c1-10-9-19-14(15-10)16-13(18)12-6-4-11(5-7-12)8-17(2)3/h4-7,9H,8H2,1-3H3,(H,15,16,18). The van der Waals surface area contributed by atoms with Gasteiger partial charge in [0.1, 0.15) is 0 Å². The highest BCUT2D eigenvalue weighted by Gasteiger charge is 2.08. The third kappa shape index (κ3) is 3.87. The van der Waals surface area contributed by atoms with Crippen molar-refractivity contribution in [2.24, 2.45) is 0 Å². The van der Waals surface area contributed by atoms with Crippen LogP contribution in [-0.4, -0.2) is 29.9 Å². The van der Waals surface area contributed by atoms with E-state index in [1.165, 1.54) is 16.9 Å². The number of thiazole rings is 1. The minimum Gasteiger partial charge on any atom is -0.305 e. The molecular formula is C14H17N3OS. The Kier molecular flexibility index (Phi) is 4.29. The number of hydrogen-bond donors (Lipinski definition) is 1. The number of aryl methyl sites for hydroxylation is 1. The number of benzene rings is 1. The summed E-state index contributed by atoms with van der Waals surface area (Å²) in [6.07, 6.45) is 0. The molecule has 0 radical (unpaired) electrons. The molecule has 0 saturated heterocycles. The molecule has 0 bridgehead atoms. The monoisotopic (exact) mass is 275 g/mol. The van der Waals surface area contributed by atoms with Crippen LogP contribution in [0, 0.1) is 6.92 Å². The molecule has 0 saturated carbocycles. The zero-order valence-electron chi connectivity index (χ0n) is 11.3. The van der Waals surface area contributed by atoms with E-state index in [4.69, 9.17) is 0 Å². The lowest BCUT2D eigenvalue weighted by Gasteiger charge is -2.09. The Morgan fingerprint density at radius 3 is 2.53 bits per heavy atom. The predicted octanol–water partition coefficient (Wildman–Crippen LogP) is 2.77. The van der Waals surface area contributed by atoms with Crippen LogP contribution in [0.25, 0.3) is 0 Å². The Morgan fingerprint density at radius 1 is 1.32 bits per heavy atom. The average Bonchev–Trinajstić information content (AvgIpc) is 2.75. The van der Waals surface area contributed by atoms with Crippen LogP contribution in [0.15, 0.2) is 29.6 Å². The molecule has 0 aliphatic carbocycles. The Labute approximate surface area is 117 Å². The molecule has 5 heteroatoms. The molecule has 1 aromatic carbocycles. The van der Waals surface area contributed by atoms with E-state index in [2.05, 4.69) is 15.2 Å². The molecule has 100 valence electrons. The van der Waals surface area contributed by atoms with Crippen molar-refractivity contribution >= 4 is 22.4 Å². The number of carbonyl (C=O) groups excluding carboxylic acids is 1. The number of rotatable bonds is 4. The second-order valence-corrected chi connectivity index (χ2v) is 5.54. The summed E-state index contributed by atoms with van der Waals surface area (Å²) in [6.45, 7) is 2.77. The van der Waals surface area contributed by atoms with Gasteiger partial charge in [-0.2, -0.15) is 0 Å². The zero-order valence-corrected chi connectivity index (χ0v) is 12.1. The summed E-state index contributed by atoms with van der Waals surface area (Å²) in [6, 6.07) is 7.63. The molecule has 0 atom stereocenters. The number of amides is 1. The number of nitrogens with one attached hydrogen (secondary N) is 1. The number of aromatic nitrogens is 1. The van der Waals surface area contributed by atoms with E-state index in [9.17, 15) is 4.79 Å². The van der Waals surface area contributed by atoms with Crippen molar-refractivity contribution in [1.82, 2.24) is 9.88 Å². The normalized spacial score (nSPS) is 10.7. The molecule has 4 nitrogen and oxygen atoms in total. The van der Waals surface area contributed by atoms with Gasteiger partial charge in [-0.15, -0.1) is 11.3 Å². The van der Waals surface area contributed by atoms with Crippen LogP contribution >= 0.6 is 11.3 Å². The fourth-order valence-corrected chi connectivity index (χ4v) is 2.39. The molecule has 0 unspecified atom stereocenters. The van der Waals surface area contributed by atoms with Gasteiger partial charge in [0.05, 0.1) is 5.69 Å². The Morgan fingerprint density at radius 2 is 2.00 bits per heavy atom. The molecule has 2 rings (SSSR count). The quantitative estimate of drug-likeness (QED) is 0.933. The van der Waals surface area contributed by atoms with E-state index in [0.29, 0.717) is 10.7 Å². The highest BCUT2D eigenvalue weighted by atomic mass is 32.1. The summed E-state index contributed by atoms with van der Waals surface area (Å²) >= 11 is 1.43. The summed E-state index contributed by atoms with van der Waals surface area (Å²) in [5.41, 5.74) is 2.75. The molecule has 0 fully saturated rings. The highest BCUT2D eigenvalue weighted by molar-refractivity contribution is 7.13. The van der Waals surface area contributed by atoms with Crippen molar-refractivity contribution < 1.29 is 4.79 Å². The van der Waals surface area contributed by atoms with Gasteiger partial charge in [-0.25, -0.2) is 4.98 Å². The van der Waals surface area contributed by atoms with Gasteiger partial charge in [0.15, 0.2) is 5.13 Å². The Bertz CT molecular complexity index is 560. The van der Waals surface area contributed by atoms with Crippen LogP contribution in [0.2, 0.25) is 0 Å². The van der Waals surface area contributed by atoms with Gasteiger partial charge in [0, 0.05) is 17.5 Å². The molecule has 0 aliphatic rings. The maximum absolute atomic E-state index is 12.0. The van der Waals surface area contributed by atoms with E-state index in [0.717, 1.165) is 12.2 Å². The minimum atomic E-state index is -0.120. The first-order valence-corrected chi connectivity index (χ1v) is 6.90. The van der Waals surface area contributed by atoms with E-state index in [1.807, 2.05) is 50.7 Å². The predicted molar refractivity (Wildman–Crippen MR) is 78.6 cm³/mol. The summed E-state index contributed by atoms with van der Waals surface area (Å²) in [5, 5.41) is 5.35. The first kappa shape index (κ1) is 13.7. The third-order valence-electron chi connectivity index (χ3n) is 2.55. The van der Waals surface area contributed by atoms with Crippen molar-refractivity contribution in [3.05, 3.63) is 46.5 Å². The second kappa shape index (κ2) is 5.95. The van der Waals surface area contributed by atoms with Crippen LogP contribution in [0.1, 0.15) is 21.6 Å². The van der Waals surface area contributed by atoms with Gasteiger partial charge in [0.25, 0.3) is 5.91 Å². The highest BCUT2D eigenvalue weighted by Crippen LogP contribution is 2.16. The van der Waals surface area contributed by atoms with Gasteiger partial charge >= 0.3 is 0 Å². The Hall–Kier alpha value is -1.72. The van der Waals surface area contributed by atoms with E-state index < -0.39 is 0 Å². The summed E-state index contributed by atoms with van der Waals surface area (Å²) in [5.74, 6) is -0.120. The third-order valence-corrected chi connectivity index (χ3v) is 3.43. The van der Waals surface area contributed by atoms with Crippen LogP contribution in [0.4, 0.5) is 5.13 Å². The van der Waals surface area contributed by atoms with Crippen LogP contribution < -0.4 is 5.32 Å². The minimum absolute atomic E-state index is 0.120. The largest absolute Gasteiger partial charge is 0.305 e. The van der Waals surface area contributed by atoms with E-state index in [1.54, 1.807) is 0 Å². The van der Waals surface area contributed by atoms with Gasteiger partial charge < -0.3 is 4.90 Å². The van der Waals surface area contributed by atoms with Gasteiger partial charge in [0.2, 0.25) is 0 Å². The Balaban J connectivity index is 2.03. The fourth-order valence-electron chi connectivity index (χ4n) is 1.71. The number of nitrogens with zero attached hydrogens (tertiary/aromatic N) is 2. The lowest BCUT2D eigenvalue weighted by atomic mass is 10.1. The average molecular weight is 275 g/mol. The van der Waals surface area contributed by atoms with E-state index >= 15 is 0 Å². The SMILES string of the molecule is Cc1csc(NC(=O)c2ccc(CN(C)C)cc2)n1. The number of hydrogen-bond acceptors (Lipinski definition) is 4. The van der Waals surface area contributed by atoms with Crippen LogP contribution in [0.5, 0.6) is 0 Å². The lowest BCUT2D eigenvalue weighted by molar-refractivity contribution is 0.102. The van der Waals surface area contributed by atoms with Gasteiger partial charge in [-0.1, -0.05) is 12.1 Å². The number of anilines is 1. The number of carbonyl (C=O) groups is 1. The van der Waals surface area contributed by atoms with Crippen molar-refractivity contribution in [3.8, 4) is 0 Å². The van der Waals surface area contributed by atoms with Crippen molar-refractivity contribution in [2.45, 2.75) is 13.5 Å². The lowest BCUT2D eigenvalue weighted by Crippen LogP contribution is -2.13. The molecule has 19 heavy (non-hydrogen) atoms. The maximum Gasteiger partial charge on any atom is 0.257 e. The summed E-state index contributed by atoms with van der Waals surface area (Å²) < 4.78 is 0. The van der Waals surface area contributed by atoms with Crippen molar-refractivity contribution in [2.75, 3.05) is 19.4 Å². The first-order chi connectivity index (χ1) is 9.04. The molecule has 0 spiro atoms. The molecular weight excluding hydrogens is 258 g/mol. The molecule has 0 aliphatic heterocycles. The smallest absolute Gasteiger partial charge is 0.257 e. The summed E-state index contributed by atoms with van der Waals surface area (Å²) in [7, 11) is 4.04. The summed E-state index contributed by atoms with van der Waals surface area (Å²) in [4.78, 5) is 18.3. The molecule has 1 N–H and O–H groups in total. The van der Waals surface area contributed by atoms with Crippen LogP contribution in [0.3, 0.4) is 0 Å². The molecule has 1 amide bonds. The second-order valence-electron chi connectivity index (χ2n) is 4.68. The molecule has 1 aromatic heterocycles. The zero-order chi connectivity index (χ0) is 13.8.